The van der Waals surface area contributed by atoms with Crippen LogP contribution in [0, 0.1) is 0 Å². The standard InChI is InChI=1S/C14H33NOSi/c1-4-7-9-11-15(12-10-8-5-2)14(6-3)13-16-17/h14H,4-13H2,1-3,17H3. The topological polar surface area (TPSA) is 12.5 Å². The second-order valence-corrected chi connectivity index (χ2v) is 5.54. The summed E-state index contributed by atoms with van der Waals surface area (Å²) in [5.74, 6) is 0. The molecule has 0 saturated heterocycles. The summed E-state index contributed by atoms with van der Waals surface area (Å²) in [4.78, 5) is 2.67. The van der Waals surface area contributed by atoms with Crippen LogP contribution >= 0.6 is 0 Å². The highest BCUT2D eigenvalue weighted by Gasteiger charge is 2.15. The lowest BCUT2D eigenvalue weighted by Gasteiger charge is -2.31. The molecule has 104 valence electrons. The minimum Gasteiger partial charge on any atom is -0.426 e. The lowest BCUT2D eigenvalue weighted by Crippen LogP contribution is -2.39. The summed E-state index contributed by atoms with van der Waals surface area (Å²) in [5, 5.41) is 0. The van der Waals surface area contributed by atoms with Crippen LogP contribution in [-0.2, 0) is 4.43 Å². The fourth-order valence-electron chi connectivity index (χ4n) is 2.28. The Morgan fingerprint density at radius 1 is 0.941 bits per heavy atom. The predicted molar refractivity (Wildman–Crippen MR) is 80.6 cm³/mol. The summed E-state index contributed by atoms with van der Waals surface area (Å²) >= 11 is 0. The number of unbranched alkanes of at least 4 members (excludes halogenated alkanes) is 4. The largest absolute Gasteiger partial charge is 0.426 e. The van der Waals surface area contributed by atoms with Gasteiger partial charge in [-0.3, -0.25) is 4.90 Å². The summed E-state index contributed by atoms with van der Waals surface area (Å²) in [6.45, 7) is 10.3. The molecular formula is C14H33NOSi. The molecule has 0 saturated carbocycles. The van der Waals surface area contributed by atoms with E-state index in [0.29, 0.717) is 6.04 Å². The van der Waals surface area contributed by atoms with E-state index in [4.69, 9.17) is 4.43 Å². The number of hydrogen-bond acceptors (Lipinski definition) is 2. The lowest BCUT2D eigenvalue weighted by molar-refractivity contribution is 0.131. The summed E-state index contributed by atoms with van der Waals surface area (Å²) in [5.41, 5.74) is 0. The molecule has 0 radical (unpaired) electrons. The molecular weight excluding hydrogens is 226 g/mol. The first-order valence-electron chi connectivity index (χ1n) is 7.53. The summed E-state index contributed by atoms with van der Waals surface area (Å²) in [6.07, 6.45) is 9.28. The monoisotopic (exact) mass is 259 g/mol. The quantitative estimate of drug-likeness (QED) is 0.395. The van der Waals surface area contributed by atoms with Crippen LogP contribution in [0.3, 0.4) is 0 Å². The molecule has 0 aliphatic rings. The van der Waals surface area contributed by atoms with E-state index in [1.165, 1.54) is 58.0 Å². The smallest absolute Gasteiger partial charge is 0.146 e. The Labute approximate surface area is 112 Å². The van der Waals surface area contributed by atoms with Crippen LogP contribution in [0.1, 0.15) is 65.7 Å². The van der Waals surface area contributed by atoms with E-state index in [1.54, 1.807) is 0 Å². The van der Waals surface area contributed by atoms with Crippen molar-refractivity contribution in [3.63, 3.8) is 0 Å². The van der Waals surface area contributed by atoms with Crippen LogP contribution in [0.25, 0.3) is 0 Å². The zero-order valence-corrected chi connectivity index (χ0v) is 14.5. The van der Waals surface area contributed by atoms with Gasteiger partial charge < -0.3 is 4.43 Å². The third-order valence-electron chi connectivity index (χ3n) is 3.44. The van der Waals surface area contributed by atoms with Crippen LogP contribution in [0.15, 0.2) is 0 Å². The van der Waals surface area contributed by atoms with Gasteiger partial charge in [0.25, 0.3) is 0 Å². The Hall–Kier alpha value is 0.137. The molecule has 0 spiro atoms. The molecule has 0 N–H and O–H groups in total. The molecule has 0 aliphatic heterocycles. The lowest BCUT2D eigenvalue weighted by atomic mass is 10.1. The number of hydrogen-bond donors (Lipinski definition) is 0. The van der Waals surface area contributed by atoms with Crippen molar-refractivity contribution >= 4 is 10.5 Å². The fraction of sp³-hybridized carbons (Fsp3) is 1.00. The van der Waals surface area contributed by atoms with Crippen molar-refractivity contribution in [2.24, 2.45) is 0 Å². The van der Waals surface area contributed by atoms with Crippen molar-refractivity contribution in [3.05, 3.63) is 0 Å². The molecule has 2 nitrogen and oxygen atoms in total. The maximum atomic E-state index is 5.49. The predicted octanol–water partition coefficient (Wildman–Crippen LogP) is 2.74. The molecule has 3 heteroatoms. The average Bonchev–Trinajstić information content (AvgIpc) is 2.35. The highest BCUT2D eigenvalue weighted by atomic mass is 28.2. The highest BCUT2D eigenvalue weighted by Crippen LogP contribution is 2.10. The number of rotatable bonds is 12. The number of nitrogens with zero attached hydrogens (tertiary/aromatic N) is 1. The van der Waals surface area contributed by atoms with Crippen molar-refractivity contribution in [1.82, 2.24) is 4.90 Å². The third kappa shape index (κ3) is 8.81. The Kier molecular flexibility index (Phi) is 12.7. The van der Waals surface area contributed by atoms with E-state index >= 15 is 0 Å². The zero-order chi connectivity index (χ0) is 12.9. The normalized spacial score (nSPS) is 13.4. The summed E-state index contributed by atoms with van der Waals surface area (Å²) in [7, 11) is 0.872. The molecule has 17 heavy (non-hydrogen) atoms. The van der Waals surface area contributed by atoms with Gasteiger partial charge in [-0.1, -0.05) is 46.5 Å². The minimum absolute atomic E-state index is 0.654. The van der Waals surface area contributed by atoms with E-state index < -0.39 is 0 Å². The first-order chi connectivity index (χ1) is 8.29. The van der Waals surface area contributed by atoms with Crippen molar-refractivity contribution < 1.29 is 4.43 Å². The molecule has 0 aromatic heterocycles. The van der Waals surface area contributed by atoms with Gasteiger partial charge in [-0.15, -0.1) is 0 Å². The van der Waals surface area contributed by atoms with E-state index in [1.807, 2.05) is 0 Å². The van der Waals surface area contributed by atoms with Gasteiger partial charge in [-0.05, 0) is 32.4 Å². The van der Waals surface area contributed by atoms with Gasteiger partial charge in [-0.25, -0.2) is 0 Å². The van der Waals surface area contributed by atoms with Crippen LogP contribution in [-0.4, -0.2) is 41.1 Å². The van der Waals surface area contributed by atoms with Crippen molar-refractivity contribution in [2.45, 2.75) is 71.8 Å². The van der Waals surface area contributed by atoms with Gasteiger partial charge in [0.05, 0.1) is 0 Å². The van der Waals surface area contributed by atoms with Gasteiger partial charge >= 0.3 is 0 Å². The van der Waals surface area contributed by atoms with Gasteiger partial charge in [0.2, 0.25) is 0 Å². The molecule has 0 heterocycles. The molecule has 0 amide bonds. The molecule has 0 aromatic carbocycles. The SMILES string of the molecule is CCCCCN(CCCCC)C(CC)CO[SiH3]. The third-order valence-corrected chi connectivity index (χ3v) is 3.78. The van der Waals surface area contributed by atoms with Crippen LogP contribution in [0.4, 0.5) is 0 Å². The second kappa shape index (κ2) is 12.6. The molecule has 0 fully saturated rings. The van der Waals surface area contributed by atoms with Gasteiger partial charge in [-0.2, -0.15) is 0 Å². The maximum absolute atomic E-state index is 5.49. The Morgan fingerprint density at radius 3 is 1.82 bits per heavy atom. The van der Waals surface area contributed by atoms with Crippen molar-refractivity contribution in [1.29, 1.82) is 0 Å². The Morgan fingerprint density at radius 2 is 1.47 bits per heavy atom. The van der Waals surface area contributed by atoms with Crippen LogP contribution < -0.4 is 0 Å². The molecule has 1 unspecified atom stereocenters. The van der Waals surface area contributed by atoms with E-state index in [0.717, 1.165) is 17.1 Å². The van der Waals surface area contributed by atoms with Gasteiger partial charge in [0.1, 0.15) is 10.5 Å². The minimum atomic E-state index is 0.654. The summed E-state index contributed by atoms with van der Waals surface area (Å²) in [6, 6.07) is 0.654. The van der Waals surface area contributed by atoms with Crippen molar-refractivity contribution in [2.75, 3.05) is 19.7 Å². The van der Waals surface area contributed by atoms with Gasteiger partial charge in [0, 0.05) is 12.6 Å². The fourth-order valence-corrected chi connectivity index (χ4v) is 2.67. The second-order valence-electron chi connectivity index (χ2n) is 4.97. The van der Waals surface area contributed by atoms with Crippen molar-refractivity contribution in [3.8, 4) is 0 Å². The summed E-state index contributed by atoms with van der Waals surface area (Å²) < 4.78 is 5.49. The first-order valence-corrected chi connectivity index (χ1v) is 8.34. The maximum Gasteiger partial charge on any atom is 0.146 e. The molecule has 0 rings (SSSR count). The zero-order valence-electron chi connectivity index (χ0n) is 12.5. The van der Waals surface area contributed by atoms with Crippen LogP contribution in [0.5, 0.6) is 0 Å². The molecule has 0 aromatic rings. The van der Waals surface area contributed by atoms with E-state index in [9.17, 15) is 0 Å². The molecule has 0 aliphatic carbocycles. The molecule has 1 atom stereocenters. The Balaban J connectivity index is 4.04. The highest BCUT2D eigenvalue weighted by molar-refractivity contribution is 5.97. The first kappa shape index (κ1) is 17.1. The Bertz CT molecular complexity index is 145. The van der Waals surface area contributed by atoms with E-state index in [2.05, 4.69) is 25.7 Å². The van der Waals surface area contributed by atoms with Gasteiger partial charge in [0.15, 0.2) is 0 Å². The van der Waals surface area contributed by atoms with Crippen LogP contribution in [0.2, 0.25) is 0 Å². The average molecular weight is 260 g/mol. The van der Waals surface area contributed by atoms with E-state index in [-0.39, 0.29) is 0 Å². The molecule has 0 bridgehead atoms.